The molecule has 3 aromatic rings. The average molecular weight is 670 g/mol. The molecular formula is C30H28Cl2F2N2O7S. The number of carbonyl (C=O) groups excluding carboxylic acids is 1. The number of hydrogen-bond donors (Lipinski definition) is 1. The molecule has 0 bridgehead atoms. The van der Waals surface area contributed by atoms with Gasteiger partial charge < -0.3 is 24.5 Å². The molecule has 2 aliphatic rings. The summed E-state index contributed by atoms with van der Waals surface area (Å²) in [5, 5.41) is 20.6. The van der Waals surface area contributed by atoms with E-state index >= 15 is 0 Å². The summed E-state index contributed by atoms with van der Waals surface area (Å²) in [6, 6.07) is 10.8. The van der Waals surface area contributed by atoms with Crippen LogP contribution in [0.1, 0.15) is 46.0 Å². The van der Waals surface area contributed by atoms with E-state index in [-0.39, 0.29) is 33.5 Å². The monoisotopic (exact) mass is 668 g/mol. The standard InChI is InChI=1S/C30H28Cl2F2N2O7S/c31-22-14-36(40)15-23(32)21(22)12-25(19-6-7-24(43-30(33)34)26(11-19)41-16-17-4-5-17)42-29(39)27-35(8-9-44-27)13-18-2-1-3-20(10-18)28(37)38/h1-3,6-7,10-11,14-15,17,25,27,30H,4-5,8-9,12-13,16H2,(H,37,38)/t25-,27-/m0/s1. The van der Waals surface area contributed by atoms with Crippen LogP contribution in [0.5, 0.6) is 11.5 Å². The maximum absolute atomic E-state index is 13.7. The van der Waals surface area contributed by atoms with Crippen molar-refractivity contribution in [1.82, 2.24) is 4.90 Å². The lowest BCUT2D eigenvalue weighted by Crippen LogP contribution is -2.36. The first-order valence-corrected chi connectivity index (χ1v) is 15.5. The van der Waals surface area contributed by atoms with Gasteiger partial charge in [0.2, 0.25) is 0 Å². The number of alkyl halides is 2. The summed E-state index contributed by atoms with van der Waals surface area (Å²) in [7, 11) is 0. The minimum atomic E-state index is -3.07. The fourth-order valence-electron chi connectivity index (χ4n) is 4.78. The highest BCUT2D eigenvalue weighted by atomic mass is 35.5. The molecule has 14 heteroatoms. The number of carbonyl (C=O) groups is 2. The Labute approximate surface area is 266 Å². The van der Waals surface area contributed by atoms with Crippen LogP contribution in [0.15, 0.2) is 54.9 Å². The van der Waals surface area contributed by atoms with Crippen LogP contribution in [-0.4, -0.2) is 52.8 Å². The number of carboxylic acid groups (broad SMARTS) is 1. The molecule has 1 aliphatic heterocycles. The van der Waals surface area contributed by atoms with Gasteiger partial charge >= 0.3 is 18.6 Å². The van der Waals surface area contributed by atoms with Gasteiger partial charge in [0.25, 0.3) is 0 Å². The summed E-state index contributed by atoms with van der Waals surface area (Å²) in [6.45, 7) is -1.87. The Kier molecular flexibility index (Phi) is 10.3. The van der Waals surface area contributed by atoms with Gasteiger partial charge in [-0.05, 0) is 54.2 Å². The first-order chi connectivity index (χ1) is 21.1. The zero-order chi connectivity index (χ0) is 31.4. The van der Waals surface area contributed by atoms with E-state index < -0.39 is 30.0 Å². The van der Waals surface area contributed by atoms with Crippen LogP contribution >= 0.6 is 35.0 Å². The Morgan fingerprint density at radius 2 is 1.86 bits per heavy atom. The van der Waals surface area contributed by atoms with Crippen LogP contribution in [0.25, 0.3) is 0 Å². The van der Waals surface area contributed by atoms with Gasteiger partial charge in [-0.25, -0.2) is 9.59 Å². The normalized spacial score (nSPS) is 17.4. The van der Waals surface area contributed by atoms with Crippen LogP contribution < -0.4 is 14.2 Å². The predicted octanol–water partition coefficient (Wildman–Crippen LogP) is 6.12. The van der Waals surface area contributed by atoms with Gasteiger partial charge in [-0.3, -0.25) is 4.90 Å². The highest BCUT2D eigenvalue weighted by molar-refractivity contribution is 8.00. The van der Waals surface area contributed by atoms with Crippen LogP contribution in [0.3, 0.4) is 0 Å². The van der Waals surface area contributed by atoms with E-state index in [1.807, 2.05) is 4.90 Å². The van der Waals surface area contributed by atoms with E-state index in [1.165, 1.54) is 36.0 Å². The second kappa shape index (κ2) is 14.2. The Morgan fingerprint density at radius 1 is 1.11 bits per heavy atom. The fraction of sp³-hybridized carbons (Fsp3) is 0.367. The predicted molar refractivity (Wildman–Crippen MR) is 159 cm³/mol. The number of aromatic carboxylic acids is 1. The van der Waals surface area contributed by atoms with Crippen LogP contribution in [0, 0.1) is 11.1 Å². The van der Waals surface area contributed by atoms with E-state index in [2.05, 4.69) is 4.74 Å². The topological polar surface area (TPSA) is 112 Å². The molecule has 2 atom stereocenters. The molecule has 1 aromatic heterocycles. The van der Waals surface area contributed by atoms with Crippen molar-refractivity contribution in [3.05, 3.63) is 92.4 Å². The molecule has 234 valence electrons. The highest BCUT2D eigenvalue weighted by Gasteiger charge is 2.35. The summed E-state index contributed by atoms with van der Waals surface area (Å²) in [5.74, 6) is -0.724. The Balaban J connectivity index is 1.42. The molecule has 2 aromatic carbocycles. The minimum absolute atomic E-state index is 0.0284. The van der Waals surface area contributed by atoms with Gasteiger partial charge in [-0.15, -0.1) is 11.8 Å². The smallest absolute Gasteiger partial charge is 0.387 e. The molecule has 0 amide bonds. The van der Waals surface area contributed by atoms with Crippen molar-refractivity contribution in [2.24, 2.45) is 5.92 Å². The lowest BCUT2D eigenvalue weighted by molar-refractivity contribution is -0.605. The molecule has 0 radical (unpaired) electrons. The largest absolute Gasteiger partial charge is 0.619 e. The summed E-state index contributed by atoms with van der Waals surface area (Å²) in [4.78, 5) is 27.0. The third-order valence-electron chi connectivity index (χ3n) is 7.18. The first kappa shape index (κ1) is 32.1. The van der Waals surface area contributed by atoms with Gasteiger partial charge in [0.05, 0.1) is 12.2 Å². The van der Waals surface area contributed by atoms with Gasteiger partial charge in [0.1, 0.15) is 16.1 Å². The highest BCUT2D eigenvalue weighted by Crippen LogP contribution is 2.38. The Bertz CT molecular complexity index is 1510. The van der Waals surface area contributed by atoms with Crippen molar-refractivity contribution in [2.75, 3.05) is 18.9 Å². The number of esters is 1. The molecule has 9 nitrogen and oxygen atoms in total. The van der Waals surface area contributed by atoms with E-state index in [1.54, 1.807) is 18.2 Å². The lowest BCUT2D eigenvalue weighted by atomic mass is 10.0. The van der Waals surface area contributed by atoms with Crippen molar-refractivity contribution in [3.8, 4) is 11.5 Å². The van der Waals surface area contributed by atoms with Crippen LogP contribution in [-0.2, 0) is 22.5 Å². The zero-order valence-corrected chi connectivity index (χ0v) is 25.5. The first-order valence-electron chi connectivity index (χ1n) is 13.7. The third-order valence-corrected chi connectivity index (χ3v) is 9.06. The fourth-order valence-corrected chi connectivity index (χ4v) is 6.52. The number of nitrogens with zero attached hydrogens (tertiary/aromatic N) is 2. The number of halogens is 4. The second-order valence-electron chi connectivity index (χ2n) is 10.5. The maximum Gasteiger partial charge on any atom is 0.387 e. The molecule has 44 heavy (non-hydrogen) atoms. The number of pyridine rings is 1. The SMILES string of the molecule is O=C(O)c1cccc(CN2CCS[C@H]2C(=O)O[C@@H](Cc2c(Cl)c[n+]([O-])cc2Cl)c2ccc(OC(F)F)c(OCC3CC3)c2)c1. The van der Waals surface area contributed by atoms with Gasteiger partial charge in [0, 0.05) is 30.8 Å². The Hall–Kier alpha value is -3.32. The van der Waals surface area contributed by atoms with Crippen molar-refractivity contribution in [2.45, 2.75) is 43.9 Å². The number of hydrogen-bond acceptors (Lipinski definition) is 8. The van der Waals surface area contributed by atoms with Gasteiger partial charge in [-0.1, -0.05) is 41.4 Å². The van der Waals surface area contributed by atoms with E-state index in [9.17, 15) is 28.7 Å². The zero-order valence-electron chi connectivity index (χ0n) is 23.2. The molecule has 0 spiro atoms. The maximum atomic E-state index is 13.7. The number of thioether (sulfide) groups is 1. The lowest BCUT2D eigenvalue weighted by Gasteiger charge is -2.26. The van der Waals surface area contributed by atoms with Crippen LogP contribution in [0.2, 0.25) is 10.0 Å². The molecule has 1 saturated heterocycles. The third kappa shape index (κ3) is 8.23. The number of rotatable bonds is 13. The van der Waals surface area contributed by atoms with Gasteiger partial charge in [0.15, 0.2) is 29.3 Å². The molecule has 2 fully saturated rings. The van der Waals surface area contributed by atoms with E-state index in [0.29, 0.717) is 47.2 Å². The molecule has 1 N–H and O–H groups in total. The molecule has 1 saturated carbocycles. The number of ether oxygens (including phenoxy) is 3. The second-order valence-corrected chi connectivity index (χ2v) is 12.5. The summed E-state index contributed by atoms with van der Waals surface area (Å²) in [5.41, 5.74) is 1.64. The van der Waals surface area contributed by atoms with Crippen LogP contribution in [0.4, 0.5) is 8.78 Å². The van der Waals surface area contributed by atoms with Crippen molar-refractivity contribution in [1.29, 1.82) is 0 Å². The quantitative estimate of drug-likeness (QED) is 0.131. The molecular weight excluding hydrogens is 641 g/mol. The summed E-state index contributed by atoms with van der Waals surface area (Å²) >= 11 is 14.1. The number of benzene rings is 2. The number of aromatic nitrogens is 1. The molecule has 0 unspecified atom stereocenters. The minimum Gasteiger partial charge on any atom is -0.619 e. The molecule has 2 heterocycles. The Morgan fingerprint density at radius 3 is 2.55 bits per heavy atom. The molecule has 1 aliphatic carbocycles. The summed E-state index contributed by atoms with van der Waals surface area (Å²) < 4.78 is 43.3. The van der Waals surface area contributed by atoms with Crippen molar-refractivity contribution >= 4 is 46.9 Å². The summed E-state index contributed by atoms with van der Waals surface area (Å²) in [6.07, 6.45) is 3.19. The number of carboxylic acids is 1. The average Bonchev–Trinajstić information content (AvgIpc) is 3.69. The van der Waals surface area contributed by atoms with E-state index in [4.69, 9.17) is 32.7 Å². The van der Waals surface area contributed by atoms with Gasteiger partial charge in [-0.2, -0.15) is 13.5 Å². The van der Waals surface area contributed by atoms with E-state index in [0.717, 1.165) is 30.8 Å². The van der Waals surface area contributed by atoms with Crippen molar-refractivity contribution < 1.29 is 42.4 Å². The molecule has 5 rings (SSSR count). The van der Waals surface area contributed by atoms with Crippen molar-refractivity contribution in [3.63, 3.8) is 0 Å².